The van der Waals surface area contributed by atoms with Crippen LogP contribution in [-0.4, -0.2) is 33.2 Å². The summed E-state index contributed by atoms with van der Waals surface area (Å²) in [6.07, 6.45) is 1.08. The maximum atomic E-state index is 11.9. The van der Waals surface area contributed by atoms with Crippen molar-refractivity contribution >= 4 is 50.6 Å². The van der Waals surface area contributed by atoms with E-state index < -0.39 is 28.3 Å². The van der Waals surface area contributed by atoms with Crippen LogP contribution >= 0.6 is 23.2 Å². The summed E-state index contributed by atoms with van der Waals surface area (Å²) >= 11 is 11.7. The number of ether oxygens (including phenoxy) is 1. The van der Waals surface area contributed by atoms with Gasteiger partial charge in [0.1, 0.15) is 0 Å². The van der Waals surface area contributed by atoms with Gasteiger partial charge in [-0.1, -0.05) is 23.2 Å². The molecule has 0 saturated heterocycles. The van der Waals surface area contributed by atoms with Gasteiger partial charge in [-0.2, -0.15) is 0 Å². The summed E-state index contributed by atoms with van der Waals surface area (Å²) in [5.41, 5.74) is 0.425. The predicted octanol–water partition coefficient (Wildman–Crippen LogP) is 3.19. The number of rotatable bonds is 5. The molecule has 0 atom stereocenters. The van der Waals surface area contributed by atoms with Crippen LogP contribution in [0, 0.1) is 0 Å². The molecule has 0 radical (unpaired) electrons. The zero-order chi connectivity index (χ0) is 18.6. The van der Waals surface area contributed by atoms with E-state index >= 15 is 0 Å². The first kappa shape index (κ1) is 19.2. The van der Waals surface area contributed by atoms with Gasteiger partial charge in [-0.15, -0.1) is 0 Å². The fourth-order valence-corrected chi connectivity index (χ4v) is 2.84. The molecule has 9 heteroatoms. The number of hydrogen-bond acceptors (Lipinski definition) is 5. The number of sulfone groups is 1. The first-order chi connectivity index (χ1) is 11.7. The molecule has 2 aromatic carbocycles. The molecule has 0 spiro atoms. The third-order valence-corrected chi connectivity index (χ3v) is 4.74. The van der Waals surface area contributed by atoms with E-state index in [2.05, 4.69) is 5.32 Å². The van der Waals surface area contributed by atoms with Gasteiger partial charge in [0.25, 0.3) is 5.91 Å². The monoisotopic (exact) mass is 401 g/mol. The molecular weight excluding hydrogens is 389 g/mol. The lowest BCUT2D eigenvalue weighted by atomic mass is 10.2. The van der Waals surface area contributed by atoms with Gasteiger partial charge in [0, 0.05) is 17.0 Å². The molecule has 1 amide bonds. The third-order valence-electron chi connectivity index (χ3n) is 3.05. The highest BCUT2D eigenvalue weighted by atomic mass is 35.5. The number of carbonyl (C=O) groups excluding carboxylic acids is 2. The number of amides is 1. The Kier molecular flexibility index (Phi) is 6.05. The molecule has 0 aromatic heterocycles. The molecule has 0 saturated carbocycles. The highest BCUT2D eigenvalue weighted by Crippen LogP contribution is 2.21. The predicted molar refractivity (Wildman–Crippen MR) is 94.9 cm³/mol. The molecule has 0 bridgehead atoms. The van der Waals surface area contributed by atoms with E-state index in [1.54, 1.807) is 0 Å². The summed E-state index contributed by atoms with van der Waals surface area (Å²) in [6.45, 7) is -0.532. The van der Waals surface area contributed by atoms with E-state index in [0.717, 1.165) is 6.26 Å². The van der Waals surface area contributed by atoms with Crippen LogP contribution in [0.2, 0.25) is 10.0 Å². The molecule has 0 fully saturated rings. The van der Waals surface area contributed by atoms with Crippen LogP contribution in [0.4, 0.5) is 5.69 Å². The van der Waals surface area contributed by atoms with Crippen LogP contribution in [0.25, 0.3) is 0 Å². The molecule has 2 aromatic rings. The first-order valence-corrected chi connectivity index (χ1v) is 9.54. The zero-order valence-corrected chi connectivity index (χ0v) is 15.3. The maximum Gasteiger partial charge on any atom is 0.340 e. The van der Waals surface area contributed by atoms with Crippen molar-refractivity contribution < 1.29 is 22.7 Å². The molecule has 132 valence electrons. The Bertz CT molecular complexity index is 911. The van der Waals surface area contributed by atoms with E-state index in [1.807, 2.05) is 0 Å². The fraction of sp³-hybridized carbons (Fsp3) is 0.125. The first-order valence-electron chi connectivity index (χ1n) is 6.89. The van der Waals surface area contributed by atoms with Gasteiger partial charge < -0.3 is 10.1 Å². The number of hydrogen-bond donors (Lipinski definition) is 1. The van der Waals surface area contributed by atoms with Gasteiger partial charge in [0.2, 0.25) is 0 Å². The van der Waals surface area contributed by atoms with Crippen LogP contribution in [0.3, 0.4) is 0 Å². The Labute approximate surface area is 154 Å². The number of benzene rings is 2. The minimum absolute atomic E-state index is 0.0551. The molecule has 0 aliphatic heterocycles. The Morgan fingerprint density at radius 1 is 1.08 bits per heavy atom. The lowest BCUT2D eigenvalue weighted by molar-refractivity contribution is -0.119. The van der Waals surface area contributed by atoms with Crippen LogP contribution < -0.4 is 5.32 Å². The van der Waals surface area contributed by atoms with Crippen molar-refractivity contribution in [1.82, 2.24) is 0 Å². The third kappa shape index (κ3) is 5.45. The summed E-state index contributed by atoms with van der Waals surface area (Å²) in [4.78, 5) is 23.9. The second-order valence-electron chi connectivity index (χ2n) is 5.05. The SMILES string of the molecule is CS(=O)(=O)c1ccc(NC(=O)COC(=O)c2cc(Cl)ccc2Cl)cc1. The van der Waals surface area contributed by atoms with Crippen molar-refractivity contribution in [3.05, 3.63) is 58.1 Å². The van der Waals surface area contributed by atoms with Crippen molar-refractivity contribution in [2.75, 3.05) is 18.2 Å². The summed E-state index contributed by atoms with van der Waals surface area (Å²) in [6, 6.07) is 9.91. The lowest BCUT2D eigenvalue weighted by Crippen LogP contribution is -2.21. The average molecular weight is 402 g/mol. The Balaban J connectivity index is 1.94. The molecule has 6 nitrogen and oxygen atoms in total. The Morgan fingerprint density at radius 2 is 1.72 bits per heavy atom. The van der Waals surface area contributed by atoms with Gasteiger partial charge in [-0.25, -0.2) is 13.2 Å². The van der Waals surface area contributed by atoms with Gasteiger partial charge in [-0.05, 0) is 42.5 Å². The number of anilines is 1. The maximum absolute atomic E-state index is 11.9. The number of esters is 1. The fourth-order valence-electron chi connectivity index (χ4n) is 1.85. The molecule has 0 unspecified atom stereocenters. The van der Waals surface area contributed by atoms with Crippen molar-refractivity contribution in [3.8, 4) is 0 Å². The van der Waals surface area contributed by atoms with Gasteiger partial charge >= 0.3 is 5.97 Å². The molecule has 2 rings (SSSR count). The van der Waals surface area contributed by atoms with Gasteiger partial charge in [0.15, 0.2) is 16.4 Å². The quantitative estimate of drug-likeness (QED) is 0.776. The normalized spacial score (nSPS) is 11.0. The lowest BCUT2D eigenvalue weighted by Gasteiger charge is -2.08. The minimum atomic E-state index is -3.31. The van der Waals surface area contributed by atoms with Crippen LogP contribution in [-0.2, 0) is 19.4 Å². The second-order valence-corrected chi connectivity index (χ2v) is 7.90. The average Bonchev–Trinajstić information content (AvgIpc) is 2.54. The molecule has 0 aliphatic rings. The number of nitrogens with one attached hydrogen (secondary N) is 1. The molecule has 1 N–H and O–H groups in total. The summed E-state index contributed by atoms with van der Waals surface area (Å²) in [5.74, 6) is -1.37. The summed E-state index contributed by atoms with van der Waals surface area (Å²) < 4.78 is 27.6. The topological polar surface area (TPSA) is 89.5 Å². The van der Waals surface area contributed by atoms with Crippen molar-refractivity contribution in [2.45, 2.75) is 4.90 Å². The summed E-state index contributed by atoms with van der Waals surface area (Å²) in [5, 5.41) is 2.95. The Morgan fingerprint density at radius 3 is 2.32 bits per heavy atom. The highest BCUT2D eigenvalue weighted by Gasteiger charge is 2.15. The molecule has 0 aliphatic carbocycles. The van der Waals surface area contributed by atoms with Gasteiger partial charge in [0.05, 0.1) is 15.5 Å². The Hall–Kier alpha value is -2.09. The van der Waals surface area contributed by atoms with Crippen molar-refractivity contribution in [2.24, 2.45) is 0 Å². The van der Waals surface area contributed by atoms with Crippen LogP contribution in [0.5, 0.6) is 0 Å². The smallest absolute Gasteiger partial charge is 0.340 e. The van der Waals surface area contributed by atoms with E-state index in [4.69, 9.17) is 27.9 Å². The molecular formula is C16H13Cl2NO5S. The minimum Gasteiger partial charge on any atom is -0.452 e. The van der Waals surface area contributed by atoms with E-state index in [-0.39, 0.29) is 15.5 Å². The largest absolute Gasteiger partial charge is 0.452 e. The van der Waals surface area contributed by atoms with Crippen LogP contribution in [0.1, 0.15) is 10.4 Å². The number of halogens is 2. The molecule has 25 heavy (non-hydrogen) atoms. The van der Waals surface area contributed by atoms with Crippen molar-refractivity contribution in [3.63, 3.8) is 0 Å². The number of carbonyl (C=O) groups is 2. The second kappa shape index (κ2) is 7.86. The van der Waals surface area contributed by atoms with E-state index in [1.165, 1.54) is 42.5 Å². The zero-order valence-electron chi connectivity index (χ0n) is 13.0. The van der Waals surface area contributed by atoms with Crippen LogP contribution in [0.15, 0.2) is 47.4 Å². The van der Waals surface area contributed by atoms with E-state index in [0.29, 0.717) is 10.7 Å². The molecule has 0 heterocycles. The standard InChI is InChI=1S/C16H13Cl2NO5S/c1-25(22,23)12-5-3-11(4-6-12)19-15(20)9-24-16(21)13-8-10(17)2-7-14(13)18/h2-8H,9H2,1H3,(H,19,20). The van der Waals surface area contributed by atoms with Crippen molar-refractivity contribution in [1.29, 1.82) is 0 Å². The summed E-state index contributed by atoms with van der Waals surface area (Å²) in [7, 11) is -3.31. The van der Waals surface area contributed by atoms with Gasteiger partial charge in [-0.3, -0.25) is 4.79 Å². The highest BCUT2D eigenvalue weighted by molar-refractivity contribution is 7.90. The van der Waals surface area contributed by atoms with E-state index in [9.17, 15) is 18.0 Å².